The average molecular weight is 305 g/mol. The monoisotopic (exact) mass is 304 g/mol. The van der Waals surface area contributed by atoms with Gasteiger partial charge in [0.25, 0.3) is 5.56 Å². The van der Waals surface area contributed by atoms with Crippen LogP contribution >= 0.6 is 23.2 Å². The standard InChI is InChI=1S/C13H6Cl2N4O/c14-7-1-6(2-8(15)3-7)11-9(4-16)12(18)19-13(20)10(11)5-17/h1-3H,(H3,18,19,20). The minimum Gasteiger partial charge on any atom is -0.384 e. The Morgan fingerprint density at radius 1 is 1.05 bits per heavy atom. The highest BCUT2D eigenvalue weighted by atomic mass is 35.5. The highest BCUT2D eigenvalue weighted by molar-refractivity contribution is 6.35. The number of halogens is 2. The fraction of sp³-hybridized carbons (Fsp3) is 0. The lowest BCUT2D eigenvalue weighted by atomic mass is 9.97. The summed E-state index contributed by atoms with van der Waals surface area (Å²) in [5, 5.41) is 18.9. The molecule has 2 aromatic rings. The van der Waals surface area contributed by atoms with Crippen molar-refractivity contribution in [3.63, 3.8) is 0 Å². The maximum atomic E-state index is 11.8. The van der Waals surface area contributed by atoms with E-state index in [0.717, 1.165) is 0 Å². The van der Waals surface area contributed by atoms with Crippen molar-refractivity contribution in [2.24, 2.45) is 0 Å². The molecule has 0 aliphatic carbocycles. The van der Waals surface area contributed by atoms with Crippen molar-refractivity contribution in [2.75, 3.05) is 5.73 Å². The summed E-state index contributed by atoms with van der Waals surface area (Å²) in [6, 6.07) is 8.15. The van der Waals surface area contributed by atoms with Crippen molar-refractivity contribution in [1.82, 2.24) is 4.98 Å². The molecular formula is C13H6Cl2N4O. The second-order valence-corrected chi connectivity index (χ2v) is 4.75. The number of nitrogens with two attached hydrogens (primary N) is 1. The first-order chi connectivity index (χ1) is 9.47. The molecule has 1 aromatic heterocycles. The number of nitriles is 2. The van der Waals surface area contributed by atoms with Crippen LogP contribution in [0.2, 0.25) is 10.0 Å². The molecule has 0 spiro atoms. The predicted octanol–water partition coefficient (Wildman–Crippen LogP) is 2.67. The molecule has 1 heterocycles. The number of hydrogen-bond donors (Lipinski definition) is 2. The number of pyridine rings is 1. The Morgan fingerprint density at radius 3 is 2.10 bits per heavy atom. The van der Waals surface area contributed by atoms with Crippen molar-refractivity contribution in [3.05, 3.63) is 49.7 Å². The molecule has 0 saturated heterocycles. The Morgan fingerprint density at radius 2 is 1.60 bits per heavy atom. The molecule has 98 valence electrons. The van der Waals surface area contributed by atoms with Gasteiger partial charge in [-0.05, 0) is 23.8 Å². The Labute approximate surface area is 123 Å². The van der Waals surface area contributed by atoms with Crippen LogP contribution in [0, 0.1) is 22.7 Å². The van der Waals surface area contributed by atoms with Gasteiger partial charge >= 0.3 is 0 Å². The lowest BCUT2D eigenvalue weighted by Crippen LogP contribution is -2.16. The molecule has 0 fully saturated rings. The zero-order chi connectivity index (χ0) is 14.9. The quantitative estimate of drug-likeness (QED) is 0.844. The molecule has 0 radical (unpaired) electrons. The Hall–Kier alpha value is -2.47. The third-order valence-corrected chi connectivity index (χ3v) is 3.06. The fourth-order valence-corrected chi connectivity index (χ4v) is 2.36. The summed E-state index contributed by atoms with van der Waals surface area (Å²) in [5.41, 5.74) is 5.24. The number of anilines is 1. The predicted molar refractivity (Wildman–Crippen MR) is 76.4 cm³/mol. The molecule has 0 unspecified atom stereocenters. The Kier molecular flexibility index (Phi) is 3.67. The van der Waals surface area contributed by atoms with Gasteiger partial charge in [0.2, 0.25) is 0 Å². The molecule has 5 nitrogen and oxygen atoms in total. The van der Waals surface area contributed by atoms with Crippen molar-refractivity contribution >= 4 is 29.0 Å². The second kappa shape index (κ2) is 5.26. The number of H-pyrrole nitrogens is 1. The van der Waals surface area contributed by atoms with Gasteiger partial charge in [-0.1, -0.05) is 23.2 Å². The summed E-state index contributed by atoms with van der Waals surface area (Å²) >= 11 is 11.8. The first-order valence-corrected chi connectivity index (χ1v) is 6.06. The van der Waals surface area contributed by atoms with Gasteiger partial charge in [0.05, 0.1) is 0 Å². The summed E-state index contributed by atoms with van der Waals surface area (Å²) in [4.78, 5) is 14.0. The van der Waals surface area contributed by atoms with Gasteiger partial charge in [0.1, 0.15) is 29.1 Å². The van der Waals surface area contributed by atoms with E-state index < -0.39 is 5.56 Å². The number of aromatic nitrogens is 1. The van der Waals surface area contributed by atoms with Gasteiger partial charge in [-0.2, -0.15) is 10.5 Å². The number of benzene rings is 1. The Bertz CT molecular complexity index is 823. The van der Waals surface area contributed by atoms with Crippen LogP contribution in [-0.2, 0) is 0 Å². The molecule has 0 bridgehead atoms. The van der Waals surface area contributed by atoms with E-state index in [2.05, 4.69) is 4.98 Å². The van der Waals surface area contributed by atoms with Gasteiger partial charge in [-0.3, -0.25) is 4.79 Å². The SMILES string of the molecule is N#Cc1c(N)[nH]c(=O)c(C#N)c1-c1cc(Cl)cc(Cl)c1. The van der Waals surface area contributed by atoms with Crippen LogP contribution in [0.5, 0.6) is 0 Å². The van der Waals surface area contributed by atoms with E-state index in [9.17, 15) is 10.1 Å². The lowest BCUT2D eigenvalue weighted by Gasteiger charge is -2.09. The summed E-state index contributed by atoms with van der Waals surface area (Å²) in [7, 11) is 0. The average Bonchev–Trinajstić information content (AvgIpc) is 2.36. The summed E-state index contributed by atoms with van der Waals surface area (Å²) in [6.45, 7) is 0. The third kappa shape index (κ3) is 2.33. The third-order valence-electron chi connectivity index (χ3n) is 2.62. The molecule has 3 N–H and O–H groups in total. The normalized spacial score (nSPS) is 9.80. The van der Waals surface area contributed by atoms with Crippen molar-refractivity contribution in [1.29, 1.82) is 10.5 Å². The van der Waals surface area contributed by atoms with Crippen LogP contribution in [0.4, 0.5) is 5.82 Å². The number of hydrogen-bond acceptors (Lipinski definition) is 4. The number of rotatable bonds is 1. The molecule has 0 aliphatic rings. The molecule has 2 rings (SSSR count). The minimum atomic E-state index is -0.671. The molecule has 20 heavy (non-hydrogen) atoms. The fourth-order valence-electron chi connectivity index (χ4n) is 1.83. The largest absolute Gasteiger partial charge is 0.384 e. The highest BCUT2D eigenvalue weighted by Gasteiger charge is 2.18. The van der Waals surface area contributed by atoms with Crippen LogP contribution in [0.15, 0.2) is 23.0 Å². The first-order valence-electron chi connectivity index (χ1n) is 5.30. The van der Waals surface area contributed by atoms with Crippen molar-refractivity contribution < 1.29 is 0 Å². The van der Waals surface area contributed by atoms with Crippen molar-refractivity contribution in [2.45, 2.75) is 0 Å². The Balaban J connectivity index is 2.96. The second-order valence-electron chi connectivity index (χ2n) is 3.87. The maximum absolute atomic E-state index is 11.8. The molecule has 0 saturated carbocycles. The summed E-state index contributed by atoms with van der Waals surface area (Å²) in [6.07, 6.45) is 0. The number of nitrogens with zero attached hydrogens (tertiary/aromatic N) is 2. The van der Waals surface area contributed by atoms with Gasteiger partial charge in [0.15, 0.2) is 0 Å². The van der Waals surface area contributed by atoms with Crippen LogP contribution in [-0.4, -0.2) is 4.98 Å². The topological polar surface area (TPSA) is 106 Å². The van der Waals surface area contributed by atoms with Crippen LogP contribution < -0.4 is 11.3 Å². The van der Waals surface area contributed by atoms with E-state index in [4.69, 9.17) is 34.2 Å². The first kappa shape index (κ1) is 14.0. The lowest BCUT2D eigenvalue weighted by molar-refractivity contribution is 1.21. The molecule has 7 heteroatoms. The van der Waals surface area contributed by atoms with Gasteiger partial charge in [-0.15, -0.1) is 0 Å². The van der Waals surface area contributed by atoms with Gasteiger partial charge in [-0.25, -0.2) is 0 Å². The molecule has 0 aliphatic heterocycles. The summed E-state index contributed by atoms with van der Waals surface area (Å²) in [5.74, 6) is -0.109. The van der Waals surface area contributed by atoms with Crippen LogP contribution in [0.3, 0.4) is 0 Å². The number of nitrogens with one attached hydrogen (secondary N) is 1. The summed E-state index contributed by atoms with van der Waals surface area (Å²) < 4.78 is 0. The zero-order valence-corrected chi connectivity index (χ0v) is 11.4. The number of nitrogen functional groups attached to an aromatic ring is 1. The zero-order valence-electron chi connectivity index (χ0n) is 9.87. The van der Waals surface area contributed by atoms with E-state index in [1.165, 1.54) is 18.2 Å². The minimum absolute atomic E-state index is 0.000478. The van der Waals surface area contributed by atoms with E-state index in [1.54, 1.807) is 6.07 Å². The van der Waals surface area contributed by atoms with E-state index in [-0.39, 0.29) is 22.5 Å². The molecular weight excluding hydrogens is 299 g/mol. The smallest absolute Gasteiger partial charge is 0.268 e. The van der Waals surface area contributed by atoms with Crippen LogP contribution in [0.25, 0.3) is 11.1 Å². The maximum Gasteiger partial charge on any atom is 0.268 e. The molecule has 1 aromatic carbocycles. The highest BCUT2D eigenvalue weighted by Crippen LogP contribution is 2.32. The van der Waals surface area contributed by atoms with Gasteiger partial charge in [0, 0.05) is 15.6 Å². The van der Waals surface area contributed by atoms with Gasteiger partial charge < -0.3 is 10.7 Å². The van der Waals surface area contributed by atoms with E-state index in [1.807, 2.05) is 6.07 Å². The van der Waals surface area contributed by atoms with E-state index >= 15 is 0 Å². The van der Waals surface area contributed by atoms with Crippen molar-refractivity contribution in [3.8, 4) is 23.3 Å². The molecule has 0 atom stereocenters. The molecule has 0 amide bonds. The van der Waals surface area contributed by atoms with Crippen LogP contribution in [0.1, 0.15) is 11.1 Å². The van der Waals surface area contributed by atoms with E-state index in [0.29, 0.717) is 15.6 Å². The number of aromatic amines is 1.